The summed E-state index contributed by atoms with van der Waals surface area (Å²) in [5.41, 5.74) is 0.106. The van der Waals surface area contributed by atoms with Crippen LogP contribution in [-0.4, -0.2) is 21.0 Å². The van der Waals surface area contributed by atoms with E-state index in [1.54, 1.807) is 6.07 Å². The van der Waals surface area contributed by atoms with Crippen LogP contribution < -0.4 is 5.32 Å². The number of phenolic OH excluding ortho intramolecular Hbond substituents is 1. The van der Waals surface area contributed by atoms with Gasteiger partial charge in [0.25, 0.3) is 0 Å². The Morgan fingerprint density at radius 1 is 1.47 bits per heavy atom. The molecule has 0 atom stereocenters. The van der Waals surface area contributed by atoms with Crippen molar-refractivity contribution in [2.45, 2.75) is 26.3 Å². The molecule has 1 aromatic carbocycles. The van der Waals surface area contributed by atoms with Crippen molar-refractivity contribution in [3.63, 3.8) is 0 Å². The van der Waals surface area contributed by atoms with Gasteiger partial charge in [0, 0.05) is 11.2 Å². The predicted molar refractivity (Wildman–Crippen MR) is 72.7 cm³/mol. The van der Waals surface area contributed by atoms with Gasteiger partial charge < -0.3 is 10.4 Å². The second kappa shape index (κ2) is 5.06. The molecule has 2 N–H and O–H groups in total. The van der Waals surface area contributed by atoms with Crippen molar-refractivity contribution < 1.29 is 9.90 Å². The Morgan fingerprint density at radius 2 is 2.06 bits per heavy atom. The number of rotatable bonds is 1. The number of urea groups is 1. The van der Waals surface area contributed by atoms with Gasteiger partial charge in [-0.3, -0.25) is 4.31 Å². The Balaban J connectivity index is 2.78. The van der Waals surface area contributed by atoms with Crippen molar-refractivity contribution in [2.75, 3.05) is 5.32 Å². The van der Waals surface area contributed by atoms with Gasteiger partial charge in [-0.05, 0) is 39.0 Å². The molecule has 4 nitrogen and oxygen atoms in total. The Morgan fingerprint density at radius 3 is 2.53 bits per heavy atom. The van der Waals surface area contributed by atoms with Crippen LogP contribution in [0.2, 0.25) is 5.02 Å². The summed E-state index contributed by atoms with van der Waals surface area (Å²) in [5.74, 6) is -0.0248. The van der Waals surface area contributed by atoms with E-state index in [1.807, 2.05) is 20.8 Å². The highest BCUT2D eigenvalue weighted by Gasteiger charge is 2.23. The maximum atomic E-state index is 11.8. The summed E-state index contributed by atoms with van der Waals surface area (Å²) in [7, 11) is 0. The minimum atomic E-state index is -0.395. The third-order valence-corrected chi connectivity index (χ3v) is 3.11. The van der Waals surface area contributed by atoms with Crippen LogP contribution >= 0.6 is 24.4 Å². The van der Waals surface area contributed by atoms with Gasteiger partial charge in [-0.1, -0.05) is 24.4 Å². The summed E-state index contributed by atoms with van der Waals surface area (Å²) in [6.07, 6.45) is 0. The number of phenols is 1. The van der Waals surface area contributed by atoms with Crippen molar-refractivity contribution in [1.82, 2.24) is 4.31 Å². The van der Waals surface area contributed by atoms with Crippen molar-refractivity contribution in [1.29, 1.82) is 0 Å². The van der Waals surface area contributed by atoms with Gasteiger partial charge in [-0.2, -0.15) is 0 Å². The van der Waals surface area contributed by atoms with Crippen molar-refractivity contribution in [2.24, 2.45) is 0 Å². The number of hydrogen-bond acceptors (Lipinski definition) is 3. The molecule has 0 saturated carbocycles. The molecule has 1 rings (SSSR count). The van der Waals surface area contributed by atoms with E-state index in [1.165, 1.54) is 16.4 Å². The van der Waals surface area contributed by atoms with Crippen molar-refractivity contribution >= 4 is 36.1 Å². The summed E-state index contributed by atoms with van der Waals surface area (Å²) in [4.78, 5) is 11.8. The highest BCUT2D eigenvalue weighted by molar-refractivity contribution is 7.78. The van der Waals surface area contributed by atoms with Gasteiger partial charge in [0.2, 0.25) is 0 Å². The monoisotopic (exact) mass is 274 g/mol. The zero-order chi connectivity index (χ0) is 13.2. The fraction of sp³-hybridized carbons (Fsp3) is 0.364. The molecule has 1 aromatic rings. The molecule has 2 amide bonds. The first kappa shape index (κ1) is 14.0. The van der Waals surface area contributed by atoms with Gasteiger partial charge in [-0.15, -0.1) is 0 Å². The Bertz CT molecular complexity index is 432. The SMILES string of the molecule is CC(C)(C)N(S)C(=O)Nc1ccc(O)c(Cl)c1. The lowest BCUT2D eigenvalue weighted by Crippen LogP contribution is -2.41. The number of nitrogens with zero attached hydrogens (tertiary/aromatic N) is 1. The van der Waals surface area contributed by atoms with E-state index in [9.17, 15) is 9.90 Å². The van der Waals surface area contributed by atoms with Crippen LogP contribution in [0.25, 0.3) is 0 Å². The fourth-order valence-electron chi connectivity index (χ4n) is 1.07. The van der Waals surface area contributed by atoms with E-state index < -0.39 is 5.54 Å². The van der Waals surface area contributed by atoms with Gasteiger partial charge in [0.05, 0.1) is 5.02 Å². The van der Waals surface area contributed by atoms with Gasteiger partial charge in [0.1, 0.15) is 5.75 Å². The fourth-order valence-corrected chi connectivity index (χ4v) is 1.30. The second-order valence-electron chi connectivity index (χ2n) is 4.58. The molecule has 0 bridgehead atoms. The summed E-state index contributed by atoms with van der Waals surface area (Å²) in [6.45, 7) is 5.59. The number of carbonyl (C=O) groups excluding carboxylic acids is 1. The van der Waals surface area contributed by atoms with Gasteiger partial charge in [0.15, 0.2) is 0 Å². The highest BCUT2D eigenvalue weighted by atomic mass is 35.5. The molecule has 0 fully saturated rings. The third kappa shape index (κ3) is 3.71. The van der Waals surface area contributed by atoms with Gasteiger partial charge >= 0.3 is 6.03 Å². The maximum Gasteiger partial charge on any atom is 0.332 e. The average molecular weight is 275 g/mol. The average Bonchev–Trinajstić information content (AvgIpc) is 2.21. The van der Waals surface area contributed by atoms with E-state index in [-0.39, 0.29) is 16.8 Å². The van der Waals surface area contributed by atoms with Gasteiger partial charge in [-0.25, -0.2) is 4.79 Å². The normalized spacial score (nSPS) is 11.1. The first-order valence-electron chi connectivity index (χ1n) is 5.00. The molecule has 94 valence electrons. The van der Waals surface area contributed by atoms with Crippen molar-refractivity contribution in [3.8, 4) is 5.75 Å². The summed E-state index contributed by atoms with van der Waals surface area (Å²) < 4.78 is 1.29. The minimum Gasteiger partial charge on any atom is -0.506 e. The molecule has 0 aliphatic heterocycles. The predicted octanol–water partition coefficient (Wildman–Crippen LogP) is 3.52. The molecule has 0 saturated heterocycles. The van der Waals surface area contributed by atoms with Crippen LogP contribution in [0.1, 0.15) is 20.8 Å². The number of thiol groups is 1. The first-order valence-corrected chi connectivity index (χ1v) is 5.78. The number of anilines is 1. The number of aromatic hydroxyl groups is 1. The molecule has 0 aliphatic carbocycles. The number of amides is 2. The molecular formula is C11H15ClN2O2S. The quantitative estimate of drug-likeness (QED) is 0.542. The largest absolute Gasteiger partial charge is 0.506 e. The zero-order valence-electron chi connectivity index (χ0n) is 9.86. The highest BCUT2D eigenvalue weighted by Crippen LogP contribution is 2.26. The molecule has 0 aromatic heterocycles. The molecule has 0 spiro atoms. The standard InChI is InChI=1S/C11H15ClN2O2S/c1-11(2,3)14(17)10(16)13-7-4-5-9(15)8(12)6-7/h4-6,15,17H,1-3H3,(H,13,16). The van der Waals surface area contributed by atoms with Crippen LogP contribution in [0.3, 0.4) is 0 Å². The number of nitrogens with one attached hydrogen (secondary N) is 1. The molecule has 0 heterocycles. The van der Waals surface area contributed by atoms with Crippen LogP contribution in [-0.2, 0) is 0 Å². The molecular weight excluding hydrogens is 260 g/mol. The van der Waals surface area contributed by atoms with Crippen LogP contribution in [0.15, 0.2) is 18.2 Å². The van der Waals surface area contributed by atoms with E-state index in [4.69, 9.17) is 11.6 Å². The first-order chi connectivity index (χ1) is 7.71. The lowest BCUT2D eigenvalue weighted by molar-refractivity contribution is 0.216. The molecule has 6 heteroatoms. The number of carbonyl (C=O) groups is 1. The van der Waals surface area contributed by atoms with E-state index >= 15 is 0 Å². The third-order valence-electron chi connectivity index (χ3n) is 2.03. The smallest absolute Gasteiger partial charge is 0.332 e. The molecule has 0 aliphatic rings. The Hall–Kier alpha value is -1.07. The summed E-state index contributed by atoms with van der Waals surface area (Å²) >= 11 is 9.85. The Labute approximate surface area is 111 Å². The Kier molecular flexibility index (Phi) is 4.16. The van der Waals surface area contributed by atoms with E-state index in [0.717, 1.165) is 0 Å². The number of benzene rings is 1. The lowest BCUT2D eigenvalue weighted by atomic mass is 10.1. The van der Waals surface area contributed by atoms with Crippen LogP contribution in [0, 0.1) is 0 Å². The second-order valence-corrected chi connectivity index (χ2v) is 5.39. The topological polar surface area (TPSA) is 52.6 Å². The van der Waals surface area contributed by atoms with E-state index in [0.29, 0.717) is 5.69 Å². The van der Waals surface area contributed by atoms with Crippen LogP contribution in [0.5, 0.6) is 5.75 Å². The lowest BCUT2D eigenvalue weighted by Gasteiger charge is -2.30. The minimum absolute atomic E-state index is 0.0248. The van der Waals surface area contributed by atoms with Crippen molar-refractivity contribution in [3.05, 3.63) is 23.2 Å². The molecule has 17 heavy (non-hydrogen) atoms. The number of hydrogen-bond donors (Lipinski definition) is 3. The van der Waals surface area contributed by atoms with E-state index in [2.05, 4.69) is 18.1 Å². The molecule has 0 radical (unpaired) electrons. The zero-order valence-corrected chi connectivity index (χ0v) is 11.5. The summed E-state index contributed by atoms with van der Waals surface area (Å²) in [5, 5.41) is 12.1. The molecule has 0 unspecified atom stereocenters. The maximum absolute atomic E-state index is 11.8. The number of halogens is 1. The summed E-state index contributed by atoms with van der Waals surface area (Å²) in [6, 6.07) is 4.09. The van der Waals surface area contributed by atoms with Crippen LogP contribution in [0.4, 0.5) is 10.5 Å².